The maximum Gasteiger partial charge on any atom is 0.264 e. The Morgan fingerprint density at radius 3 is 1.60 bits per heavy atom. The van der Waals surface area contributed by atoms with E-state index in [2.05, 4.69) is 0 Å². The second kappa shape index (κ2) is 8.80. The van der Waals surface area contributed by atoms with Crippen LogP contribution in [0.4, 0.5) is 10.1 Å². The average Bonchev–Trinajstić information content (AvgIpc) is 3.05. The number of anilines is 1. The number of rotatable bonds is 3. The molecule has 3 aromatic rings. The number of halogens is 7. The van der Waals surface area contributed by atoms with E-state index in [-0.39, 0.29) is 41.3 Å². The SMILES string of the molecule is O=C1c2c(Cl)c(Cl)c(Cl)c(Cl)c2C(=O)N1[C@@H]1C(=O)N(c2cc(Cl)cc(Cl)c2)[C@H]1c1ccc(F)cc1. The summed E-state index contributed by atoms with van der Waals surface area (Å²) in [6, 6.07) is 7.62. The summed E-state index contributed by atoms with van der Waals surface area (Å²) in [6.07, 6.45) is 0. The molecule has 0 aliphatic carbocycles. The van der Waals surface area contributed by atoms with E-state index >= 15 is 0 Å². The second-order valence-electron chi connectivity index (χ2n) is 7.76. The lowest BCUT2D eigenvalue weighted by Gasteiger charge is -2.49. The molecular weight excluding hydrogens is 584 g/mol. The highest BCUT2D eigenvalue weighted by molar-refractivity contribution is 6.55. The fraction of sp³-hybridized carbons (Fsp3) is 0.0870. The monoisotopic (exact) mass is 590 g/mol. The molecule has 0 radical (unpaired) electrons. The fourth-order valence-electron chi connectivity index (χ4n) is 4.30. The minimum atomic E-state index is -1.30. The standard InChI is InChI=1S/C23H9Cl6FN2O3/c24-9-5-10(25)7-12(6-9)31-19(8-1-3-11(30)4-2-8)20(23(31)35)32-21(33)13-14(22(32)34)16(27)18(29)17(28)15(13)26/h1-7,19-20H/t19-,20-/m0/s1. The lowest BCUT2D eigenvalue weighted by atomic mass is 9.86. The number of nitrogens with zero attached hydrogens (tertiary/aromatic N) is 2. The van der Waals surface area contributed by atoms with E-state index in [4.69, 9.17) is 69.6 Å². The van der Waals surface area contributed by atoms with Gasteiger partial charge in [0.1, 0.15) is 11.9 Å². The summed E-state index contributed by atoms with van der Waals surface area (Å²) < 4.78 is 13.7. The topological polar surface area (TPSA) is 57.7 Å². The van der Waals surface area contributed by atoms with Crippen molar-refractivity contribution < 1.29 is 18.8 Å². The van der Waals surface area contributed by atoms with Crippen molar-refractivity contribution in [2.45, 2.75) is 12.1 Å². The molecule has 2 heterocycles. The summed E-state index contributed by atoms with van der Waals surface area (Å²) in [5, 5.41) is -0.341. The lowest BCUT2D eigenvalue weighted by molar-refractivity contribution is -0.130. The molecule has 0 aromatic heterocycles. The Morgan fingerprint density at radius 2 is 1.11 bits per heavy atom. The van der Waals surface area contributed by atoms with Gasteiger partial charge in [-0.05, 0) is 35.9 Å². The molecule has 12 heteroatoms. The zero-order valence-corrected chi connectivity index (χ0v) is 21.5. The van der Waals surface area contributed by atoms with Crippen LogP contribution >= 0.6 is 69.6 Å². The third-order valence-corrected chi connectivity index (χ3v) is 8.05. The number of hydrogen-bond donors (Lipinski definition) is 0. The number of benzene rings is 3. The van der Waals surface area contributed by atoms with Crippen molar-refractivity contribution in [3.05, 3.63) is 95.1 Å². The highest BCUT2D eigenvalue weighted by Gasteiger charge is 2.58. The number of imide groups is 1. The van der Waals surface area contributed by atoms with Gasteiger partial charge in [0.2, 0.25) is 0 Å². The first-order chi connectivity index (χ1) is 16.5. The van der Waals surface area contributed by atoms with Crippen molar-refractivity contribution >= 4 is 93.0 Å². The third kappa shape index (κ3) is 3.70. The number of β-lactam (4-membered cyclic amide) rings is 1. The molecule has 5 nitrogen and oxygen atoms in total. The first-order valence-corrected chi connectivity index (χ1v) is 12.1. The minimum absolute atomic E-state index is 0.190. The van der Waals surface area contributed by atoms with Crippen LogP contribution in [0.1, 0.15) is 32.3 Å². The van der Waals surface area contributed by atoms with Crippen LogP contribution in [-0.2, 0) is 4.79 Å². The van der Waals surface area contributed by atoms with Gasteiger partial charge in [0.25, 0.3) is 17.7 Å². The molecule has 0 spiro atoms. The van der Waals surface area contributed by atoms with Crippen LogP contribution in [0, 0.1) is 5.82 Å². The lowest BCUT2D eigenvalue weighted by Crippen LogP contribution is -2.67. The maximum atomic E-state index is 13.7. The minimum Gasteiger partial charge on any atom is -0.300 e. The molecule has 1 saturated heterocycles. The van der Waals surface area contributed by atoms with Crippen molar-refractivity contribution in [3.63, 3.8) is 0 Å². The molecule has 2 aliphatic rings. The van der Waals surface area contributed by atoms with Crippen LogP contribution in [0.2, 0.25) is 30.1 Å². The molecule has 0 unspecified atom stereocenters. The molecular formula is C23H9Cl6FN2O3. The molecule has 178 valence electrons. The highest BCUT2D eigenvalue weighted by Crippen LogP contribution is 2.49. The summed E-state index contributed by atoms with van der Waals surface area (Å²) in [5.74, 6) is -2.82. The zero-order chi connectivity index (χ0) is 25.3. The zero-order valence-electron chi connectivity index (χ0n) is 17.0. The van der Waals surface area contributed by atoms with Crippen molar-refractivity contribution in [2.24, 2.45) is 0 Å². The van der Waals surface area contributed by atoms with Gasteiger partial charge in [0, 0.05) is 15.7 Å². The molecule has 1 fully saturated rings. The predicted molar refractivity (Wildman–Crippen MR) is 134 cm³/mol. The average molecular weight is 593 g/mol. The molecule has 3 amide bonds. The molecule has 0 saturated carbocycles. The number of carbonyl (C=O) groups is 3. The molecule has 0 bridgehead atoms. The van der Waals surface area contributed by atoms with Gasteiger partial charge in [-0.3, -0.25) is 19.3 Å². The van der Waals surface area contributed by atoms with Crippen LogP contribution in [0.25, 0.3) is 0 Å². The molecule has 35 heavy (non-hydrogen) atoms. The van der Waals surface area contributed by atoms with Crippen molar-refractivity contribution in [1.82, 2.24) is 4.90 Å². The van der Waals surface area contributed by atoms with Crippen LogP contribution < -0.4 is 4.90 Å². The Labute approximate surface area is 227 Å². The summed E-state index contributed by atoms with van der Waals surface area (Å²) in [6.45, 7) is 0. The molecule has 5 rings (SSSR count). The van der Waals surface area contributed by atoms with Gasteiger partial charge < -0.3 is 4.90 Å². The van der Waals surface area contributed by atoms with Gasteiger partial charge in [0.05, 0.1) is 37.3 Å². The Hall–Kier alpha value is -2.06. The number of fused-ring (bicyclic) bond motifs is 1. The van der Waals surface area contributed by atoms with Gasteiger partial charge in [0.15, 0.2) is 0 Å². The first-order valence-electron chi connectivity index (χ1n) is 9.81. The van der Waals surface area contributed by atoms with E-state index < -0.39 is 35.6 Å². The Balaban J connectivity index is 1.64. The predicted octanol–water partition coefficient (Wildman–Crippen LogP) is 7.50. The van der Waals surface area contributed by atoms with Gasteiger partial charge in [-0.1, -0.05) is 81.7 Å². The van der Waals surface area contributed by atoms with Gasteiger partial charge in [-0.15, -0.1) is 0 Å². The molecule has 2 atom stereocenters. The maximum absolute atomic E-state index is 13.7. The quantitative estimate of drug-likeness (QED) is 0.137. The normalized spacial score (nSPS) is 19.3. The van der Waals surface area contributed by atoms with Crippen molar-refractivity contribution in [3.8, 4) is 0 Å². The summed E-state index contributed by atoms with van der Waals surface area (Å²) >= 11 is 36.9. The first kappa shape index (κ1) is 24.6. The Kier molecular flexibility index (Phi) is 6.19. The molecule has 2 aliphatic heterocycles. The smallest absolute Gasteiger partial charge is 0.264 e. The van der Waals surface area contributed by atoms with E-state index in [1.807, 2.05) is 0 Å². The van der Waals surface area contributed by atoms with Crippen LogP contribution in [-0.4, -0.2) is 28.7 Å². The summed E-state index contributed by atoms with van der Waals surface area (Å²) in [7, 11) is 0. The number of carbonyl (C=O) groups excluding carboxylic acids is 3. The van der Waals surface area contributed by atoms with Crippen LogP contribution in [0.15, 0.2) is 42.5 Å². The van der Waals surface area contributed by atoms with E-state index in [1.54, 1.807) is 0 Å². The van der Waals surface area contributed by atoms with Gasteiger partial charge in [-0.2, -0.15) is 0 Å². The van der Waals surface area contributed by atoms with Crippen LogP contribution in [0.3, 0.4) is 0 Å². The fourth-order valence-corrected chi connectivity index (χ4v) is 5.83. The molecule has 0 N–H and O–H groups in total. The highest BCUT2D eigenvalue weighted by atomic mass is 35.5. The largest absolute Gasteiger partial charge is 0.300 e. The van der Waals surface area contributed by atoms with Gasteiger partial charge in [-0.25, -0.2) is 4.39 Å². The number of hydrogen-bond acceptors (Lipinski definition) is 3. The van der Waals surface area contributed by atoms with E-state index in [9.17, 15) is 18.8 Å². The van der Waals surface area contributed by atoms with Crippen molar-refractivity contribution in [2.75, 3.05) is 4.90 Å². The van der Waals surface area contributed by atoms with Gasteiger partial charge >= 0.3 is 0 Å². The van der Waals surface area contributed by atoms with E-state index in [0.717, 1.165) is 4.90 Å². The third-order valence-electron chi connectivity index (χ3n) is 5.82. The Bertz CT molecular complexity index is 1400. The second-order valence-corrected chi connectivity index (χ2v) is 10.1. The summed E-state index contributed by atoms with van der Waals surface area (Å²) in [4.78, 5) is 42.4. The van der Waals surface area contributed by atoms with Crippen LogP contribution in [0.5, 0.6) is 0 Å². The molecule has 3 aromatic carbocycles. The van der Waals surface area contributed by atoms with Crippen molar-refractivity contribution in [1.29, 1.82) is 0 Å². The van der Waals surface area contributed by atoms with E-state index in [1.165, 1.54) is 47.4 Å². The Morgan fingerprint density at radius 1 is 0.629 bits per heavy atom. The number of amides is 3. The van der Waals surface area contributed by atoms with E-state index in [0.29, 0.717) is 11.3 Å². The summed E-state index contributed by atoms with van der Waals surface area (Å²) in [5.41, 5.74) is 0.297.